The molecular formula is C17H25NO2Te2. The summed E-state index contributed by atoms with van der Waals surface area (Å²) < 4.78 is 6.82. The first-order chi connectivity index (χ1) is 10.0. The molecule has 1 saturated carbocycles. The number of carbonyl (C=O) groups excluding carboxylic acids is 1. The summed E-state index contributed by atoms with van der Waals surface area (Å²) in [7, 11) is 0. The summed E-state index contributed by atoms with van der Waals surface area (Å²) in [6, 6.07) is 6.09. The van der Waals surface area contributed by atoms with Gasteiger partial charge in [-0.25, -0.2) is 0 Å². The third-order valence-corrected chi connectivity index (χ3v) is 4.78. The molecule has 122 valence electrons. The zero-order chi connectivity index (χ0) is 15.4. The molecule has 0 unspecified atom stereocenters. The summed E-state index contributed by atoms with van der Waals surface area (Å²) in [5.74, 6) is 0.00316. The summed E-state index contributed by atoms with van der Waals surface area (Å²) in [6.45, 7) is 5.67. The van der Waals surface area contributed by atoms with Crippen molar-refractivity contribution in [2.75, 3.05) is 4.90 Å². The number of hydrogen-bond donors (Lipinski definition) is 0. The van der Waals surface area contributed by atoms with Gasteiger partial charge in [-0.3, -0.25) is 0 Å². The van der Waals surface area contributed by atoms with Crippen molar-refractivity contribution in [2.24, 2.45) is 0 Å². The van der Waals surface area contributed by atoms with Crippen LogP contribution in [0.5, 0.6) is 0 Å². The molecule has 0 radical (unpaired) electrons. The van der Waals surface area contributed by atoms with Crippen molar-refractivity contribution in [3.8, 4) is 0 Å². The van der Waals surface area contributed by atoms with Gasteiger partial charge in [-0.05, 0) is 0 Å². The average Bonchev–Trinajstić information content (AvgIpc) is 2.43. The van der Waals surface area contributed by atoms with E-state index in [1.54, 1.807) is 11.8 Å². The van der Waals surface area contributed by atoms with E-state index in [0.29, 0.717) is 3.86 Å². The van der Waals surface area contributed by atoms with Crippen LogP contribution >= 0.6 is 0 Å². The van der Waals surface area contributed by atoms with Crippen LogP contribution in [0, 0.1) is 13.8 Å². The van der Waals surface area contributed by atoms with Crippen LogP contribution in [0.3, 0.4) is 0 Å². The van der Waals surface area contributed by atoms with Gasteiger partial charge in [0.25, 0.3) is 0 Å². The fourth-order valence-corrected chi connectivity index (χ4v) is 3.93. The minimum atomic E-state index is 0. The van der Waals surface area contributed by atoms with Gasteiger partial charge in [0.05, 0.1) is 0 Å². The second kappa shape index (κ2) is 9.29. The van der Waals surface area contributed by atoms with Gasteiger partial charge in [-0.15, -0.1) is 0 Å². The molecule has 1 amide bonds. The minimum absolute atomic E-state index is 0. The summed E-state index contributed by atoms with van der Waals surface area (Å²) in [6.07, 6.45) is 6.19. The monoisotopic (exact) mass is 535 g/mol. The van der Waals surface area contributed by atoms with Crippen molar-refractivity contribution in [1.29, 1.82) is 0 Å². The van der Waals surface area contributed by atoms with E-state index in [4.69, 9.17) is 4.74 Å². The fraction of sp³-hybridized carbons (Fsp3) is 0.529. The molecule has 0 saturated heterocycles. The van der Waals surface area contributed by atoms with Crippen LogP contribution in [0.4, 0.5) is 5.69 Å². The first-order valence-corrected chi connectivity index (χ1v) is 8.74. The van der Waals surface area contributed by atoms with E-state index in [9.17, 15) is 4.79 Å². The number of anilines is 1. The Hall–Kier alpha value is -0.0608. The Labute approximate surface area is 162 Å². The van der Waals surface area contributed by atoms with Crippen molar-refractivity contribution < 1.29 is 9.53 Å². The molecule has 0 N–H and O–H groups in total. The second-order valence-corrected chi connectivity index (χ2v) is 6.74. The normalized spacial score (nSPS) is 14.9. The fourth-order valence-electron chi connectivity index (χ4n) is 2.91. The zero-order valence-electron chi connectivity index (χ0n) is 13.5. The van der Waals surface area contributed by atoms with E-state index in [1.807, 2.05) is 53.9 Å². The number of amides is 1. The molecule has 0 heterocycles. The SMILES string of the molecule is CC(=O)N(C(=[Te])OC1CCCCC1)c1c(C)cccc1C.[TeH2]. The summed E-state index contributed by atoms with van der Waals surface area (Å²) >= 11 is 1.82. The quantitative estimate of drug-likeness (QED) is 0.560. The molecule has 1 fully saturated rings. The van der Waals surface area contributed by atoms with Gasteiger partial charge in [0, 0.05) is 0 Å². The van der Waals surface area contributed by atoms with Crippen LogP contribution in [-0.4, -0.2) is 61.4 Å². The Morgan fingerprint density at radius 3 is 2.23 bits per heavy atom. The average molecular weight is 531 g/mol. The molecule has 0 aliphatic heterocycles. The number of rotatable bonds is 4. The molecule has 0 aromatic heterocycles. The van der Waals surface area contributed by atoms with Crippen LogP contribution in [0.25, 0.3) is 0 Å². The molecule has 1 aliphatic carbocycles. The van der Waals surface area contributed by atoms with E-state index < -0.39 is 0 Å². The number of para-hydroxylation sites is 1. The third kappa shape index (κ3) is 4.97. The Morgan fingerprint density at radius 1 is 1.18 bits per heavy atom. The van der Waals surface area contributed by atoms with Crippen LogP contribution in [-0.2, 0) is 9.53 Å². The molecule has 3 nitrogen and oxygen atoms in total. The van der Waals surface area contributed by atoms with Gasteiger partial charge >= 0.3 is 164 Å². The van der Waals surface area contributed by atoms with Crippen LogP contribution in [0.15, 0.2) is 18.2 Å². The maximum absolute atomic E-state index is 12.2. The molecule has 1 aromatic carbocycles. The van der Waals surface area contributed by atoms with E-state index in [2.05, 4.69) is 0 Å². The van der Waals surface area contributed by atoms with Crippen molar-refractivity contribution in [2.45, 2.75) is 59.0 Å². The molecule has 1 aromatic rings. The predicted octanol–water partition coefficient (Wildman–Crippen LogP) is 2.35. The number of benzene rings is 1. The van der Waals surface area contributed by atoms with Crippen LogP contribution < -0.4 is 4.90 Å². The van der Waals surface area contributed by atoms with Gasteiger partial charge in [0.1, 0.15) is 0 Å². The van der Waals surface area contributed by atoms with Gasteiger partial charge in [0.2, 0.25) is 0 Å². The molecule has 22 heavy (non-hydrogen) atoms. The zero-order valence-corrected chi connectivity index (χ0v) is 18.7. The third-order valence-electron chi connectivity index (χ3n) is 3.98. The number of ether oxygens (including phenoxy) is 1. The van der Waals surface area contributed by atoms with Crippen molar-refractivity contribution in [3.63, 3.8) is 0 Å². The summed E-state index contributed by atoms with van der Waals surface area (Å²) in [5.41, 5.74) is 3.15. The van der Waals surface area contributed by atoms with Gasteiger partial charge in [-0.1, -0.05) is 0 Å². The van der Waals surface area contributed by atoms with E-state index >= 15 is 0 Å². The Balaban J connectivity index is 0.00000242. The van der Waals surface area contributed by atoms with Crippen molar-refractivity contribution >= 4 is 60.9 Å². The molecule has 2 rings (SSSR count). The molecule has 5 heteroatoms. The van der Waals surface area contributed by atoms with Gasteiger partial charge < -0.3 is 0 Å². The number of hydrogen-bond acceptors (Lipinski definition) is 2. The number of nitrogens with zero attached hydrogens (tertiary/aromatic N) is 1. The van der Waals surface area contributed by atoms with Gasteiger partial charge in [-0.2, -0.15) is 0 Å². The summed E-state index contributed by atoms with van der Waals surface area (Å²) in [4.78, 5) is 13.9. The number of aryl methyl sites for hydroxylation is 2. The van der Waals surface area contributed by atoms with E-state index in [-0.39, 0.29) is 35.7 Å². The first kappa shape index (κ1) is 20.0. The Morgan fingerprint density at radius 2 is 1.73 bits per heavy atom. The Bertz CT molecular complexity index is 519. The number of carbonyl (C=O) groups is 1. The summed E-state index contributed by atoms with van der Waals surface area (Å²) in [5, 5.41) is 0. The predicted molar refractivity (Wildman–Crippen MR) is 96.3 cm³/mol. The van der Waals surface area contributed by atoms with Gasteiger partial charge in [0.15, 0.2) is 0 Å². The van der Waals surface area contributed by atoms with Crippen LogP contribution in [0.1, 0.15) is 50.2 Å². The Kier molecular flexibility index (Phi) is 8.44. The molecule has 0 atom stereocenters. The van der Waals surface area contributed by atoms with Crippen molar-refractivity contribution in [1.82, 2.24) is 0 Å². The van der Waals surface area contributed by atoms with E-state index in [1.165, 1.54) is 19.3 Å². The molecule has 0 spiro atoms. The topological polar surface area (TPSA) is 29.5 Å². The first-order valence-electron chi connectivity index (χ1n) is 7.58. The molecule has 1 aliphatic rings. The van der Waals surface area contributed by atoms with E-state index in [0.717, 1.165) is 29.7 Å². The molecule has 0 bridgehead atoms. The van der Waals surface area contributed by atoms with Crippen molar-refractivity contribution in [3.05, 3.63) is 29.3 Å². The second-order valence-electron chi connectivity index (χ2n) is 5.74. The molecular weight excluding hydrogens is 505 g/mol. The standard InChI is InChI=1S/C17H23NO2Te.H2Te/c1-12-8-7-9-13(2)16(12)18(14(3)19)17(21)20-15-10-5-4-6-11-15;/h7-9,15H,4-6,10-11H2,1-3H3;1H2. The van der Waals surface area contributed by atoms with Crippen LogP contribution in [0.2, 0.25) is 0 Å². The maximum atomic E-state index is 12.2.